The topological polar surface area (TPSA) is 29.5 Å². The maximum atomic E-state index is 8.70. The van der Waals surface area contributed by atoms with E-state index in [1.54, 1.807) is 11.8 Å². The second-order valence-corrected chi connectivity index (χ2v) is 3.02. The fourth-order valence-corrected chi connectivity index (χ4v) is 1.47. The fraction of sp³-hybridized carbons (Fsp3) is 0.667. The average Bonchev–Trinajstić information content (AvgIpc) is 1.89. The molecule has 1 rings (SSSR count). The van der Waals surface area contributed by atoms with Crippen LogP contribution in [-0.2, 0) is 4.74 Å². The Hall–Kier alpha value is -0.150. The molecule has 2 nitrogen and oxygen atoms in total. The highest BCUT2D eigenvalue weighted by atomic mass is 32.2. The molecule has 1 aliphatic heterocycles. The van der Waals surface area contributed by atoms with Crippen LogP contribution in [0, 0.1) is 0 Å². The van der Waals surface area contributed by atoms with Gasteiger partial charge >= 0.3 is 0 Å². The van der Waals surface area contributed by atoms with Crippen LogP contribution in [0.4, 0.5) is 0 Å². The number of ether oxygens (including phenoxy) is 1. The van der Waals surface area contributed by atoms with Crippen LogP contribution in [0.25, 0.3) is 0 Å². The van der Waals surface area contributed by atoms with Crippen LogP contribution < -0.4 is 0 Å². The normalized spacial score (nSPS) is 19.8. The monoisotopic (exact) mass is 146 g/mol. The van der Waals surface area contributed by atoms with E-state index in [1.807, 2.05) is 6.92 Å². The standard InChI is InChI=1S/C6H10O2S/c1-5-6(4-7)9-3-2-8-5/h7H,2-4H2,1H3. The number of hydrogen-bond donors (Lipinski definition) is 1. The first kappa shape index (κ1) is 6.96. The van der Waals surface area contributed by atoms with Crippen LogP contribution in [0.5, 0.6) is 0 Å². The quantitative estimate of drug-likeness (QED) is 0.598. The molecule has 0 unspecified atom stereocenters. The van der Waals surface area contributed by atoms with Crippen molar-refractivity contribution in [3.05, 3.63) is 10.7 Å². The summed E-state index contributed by atoms with van der Waals surface area (Å²) < 4.78 is 5.18. The molecule has 0 aliphatic carbocycles. The Balaban J connectivity index is 2.59. The number of hydrogen-bond acceptors (Lipinski definition) is 3. The zero-order valence-corrected chi connectivity index (χ0v) is 6.20. The molecule has 0 aromatic rings. The van der Waals surface area contributed by atoms with E-state index < -0.39 is 0 Å². The van der Waals surface area contributed by atoms with Gasteiger partial charge in [-0.1, -0.05) is 0 Å². The molecule has 3 heteroatoms. The van der Waals surface area contributed by atoms with E-state index >= 15 is 0 Å². The van der Waals surface area contributed by atoms with Gasteiger partial charge in [-0.15, -0.1) is 11.8 Å². The summed E-state index contributed by atoms with van der Waals surface area (Å²) in [5.74, 6) is 1.85. The summed E-state index contributed by atoms with van der Waals surface area (Å²) in [5, 5.41) is 8.70. The van der Waals surface area contributed by atoms with Crippen LogP contribution in [0.3, 0.4) is 0 Å². The third-order valence-electron chi connectivity index (χ3n) is 1.21. The number of thioether (sulfide) groups is 1. The molecule has 0 spiro atoms. The van der Waals surface area contributed by atoms with Crippen molar-refractivity contribution >= 4 is 11.8 Å². The van der Waals surface area contributed by atoms with Crippen LogP contribution in [-0.4, -0.2) is 24.1 Å². The average molecular weight is 146 g/mol. The summed E-state index contributed by atoms with van der Waals surface area (Å²) in [5.41, 5.74) is 0. The molecule has 52 valence electrons. The molecule has 1 N–H and O–H groups in total. The molecule has 1 heterocycles. The van der Waals surface area contributed by atoms with Gasteiger partial charge in [0.1, 0.15) is 5.76 Å². The second kappa shape index (κ2) is 3.13. The molecule has 0 aromatic carbocycles. The van der Waals surface area contributed by atoms with Crippen LogP contribution >= 0.6 is 11.8 Å². The molecular formula is C6H10O2S. The van der Waals surface area contributed by atoms with E-state index in [0.717, 1.165) is 23.0 Å². The first-order chi connectivity index (χ1) is 4.34. The fourth-order valence-electron chi connectivity index (χ4n) is 0.699. The molecule has 0 radical (unpaired) electrons. The molecule has 0 fully saturated rings. The largest absolute Gasteiger partial charge is 0.496 e. The summed E-state index contributed by atoms with van der Waals surface area (Å²) in [4.78, 5) is 0.973. The zero-order chi connectivity index (χ0) is 6.69. The van der Waals surface area contributed by atoms with E-state index in [2.05, 4.69) is 0 Å². The summed E-state index contributed by atoms with van der Waals surface area (Å²) in [6.07, 6.45) is 0. The van der Waals surface area contributed by atoms with Gasteiger partial charge in [0, 0.05) is 10.7 Å². The minimum absolute atomic E-state index is 0.122. The van der Waals surface area contributed by atoms with Gasteiger partial charge in [0.15, 0.2) is 0 Å². The third kappa shape index (κ3) is 1.63. The van der Waals surface area contributed by atoms with E-state index in [1.165, 1.54) is 0 Å². The lowest BCUT2D eigenvalue weighted by atomic mass is 10.5. The maximum absolute atomic E-state index is 8.70. The van der Waals surface area contributed by atoms with E-state index in [-0.39, 0.29) is 6.61 Å². The Bertz CT molecular complexity index is 131. The highest BCUT2D eigenvalue weighted by Gasteiger charge is 2.08. The highest BCUT2D eigenvalue weighted by Crippen LogP contribution is 2.23. The lowest BCUT2D eigenvalue weighted by Crippen LogP contribution is -2.06. The van der Waals surface area contributed by atoms with E-state index in [9.17, 15) is 0 Å². The van der Waals surface area contributed by atoms with Gasteiger partial charge in [0.25, 0.3) is 0 Å². The third-order valence-corrected chi connectivity index (χ3v) is 2.35. The Morgan fingerprint density at radius 3 is 3.00 bits per heavy atom. The number of allylic oxidation sites excluding steroid dienone is 1. The van der Waals surface area contributed by atoms with E-state index in [4.69, 9.17) is 9.84 Å². The molecule has 9 heavy (non-hydrogen) atoms. The highest BCUT2D eigenvalue weighted by molar-refractivity contribution is 8.03. The summed E-state index contributed by atoms with van der Waals surface area (Å²) in [7, 11) is 0. The van der Waals surface area contributed by atoms with Crippen LogP contribution in [0.15, 0.2) is 10.7 Å². The molecule has 0 bridgehead atoms. The van der Waals surface area contributed by atoms with Crippen molar-refractivity contribution in [2.75, 3.05) is 19.0 Å². The summed E-state index contributed by atoms with van der Waals surface area (Å²) in [6.45, 7) is 2.79. The predicted molar refractivity (Wildman–Crippen MR) is 38.2 cm³/mol. The van der Waals surface area contributed by atoms with Crippen molar-refractivity contribution in [2.45, 2.75) is 6.92 Å². The Morgan fingerprint density at radius 1 is 1.78 bits per heavy atom. The minimum atomic E-state index is 0.122. The summed E-state index contributed by atoms with van der Waals surface area (Å²) in [6, 6.07) is 0. The summed E-state index contributed by atoms with van der Waals surface area (Å²) >= 11 is 1.68. The smallest absolute Gasteiger partial charge is 0.105 e. The van der Waals surface area contributed by atoms with Gasteiger partial charge in [0.05, 0.1) is 13.2 Å². The SMILES string of the molecule is CC1=C(CO)SCCO1. The minimum Gasteiger partial charge on any atom is -0.496 e. The van der Waals surface area contributed by atoms with Crippen molar-refractivity contribution in [1.82, 2.24) is 0 Å². The van der Waals surface area contributed by atoms with Gasteiger partial charge in [-0.2, -0.15) is 0 Å². The number of rotatable bonds is 1. The van der Waals surface area contributed by atoms with Crippen molar-refractivity contribution in [1.29, 1.82) is 0 Å². The molecule has 0 atom stereocenters. The van der Waals surface area contributed by atoms with Gasteiger partial charge in [-0.3, -0.25) is 0 Å². The zero-order valence-electron chi connectivity index (χ0n) is 5.39. The van der Waals surface area contributed by atoms with Gasteiger partial charge in [-0.05, 0) is 6.92 Å². The Kier molecular flexibility index (Phi) is 2.42. The predicted octanol–water partition coefficient (Wildman–Crippen LogP) is 0.974. The maximum Gasteiger partial charge on any atom is 0.105 e. The van der Waals surface area contributed by atoms with Crippen molar-refractivity contribution in [3.8, 4) is 0 Å². The molecule has 0 aromatic heterocycles. The van der Waals surface area contributed by atoms with Crippen LogP contribution in [0.1, 0.15) is 6.92 Å². The van der Waals surface area contributed by atoms with Crippen molar-refractivity contribution in [2.24, 2.45) is 0 Å². The molecular weight excluding hydrogens is 136 g/mol. The number of aliphatic hydroxyl groups is 1. The van der Waals surface area contributed by atoms with E-state index in [0.29, 0.717) is 0 Å². The molecule has 1 aliphatic rings. The van der Waals surface area contributed by atoms with Gasteiger partial charge in [-0.25, -0.2) is 0 Å². The van der Waals surface area contributed by atoms with Crippen molar-refractivity contribution in [3.63, 3.8) is 0 Å². The first-order valence-corrected chi connectivity index (χ1v) is 3.89. The van der Waals surface area contributed by atoms with Gasteiger partial charge < -0.3 is 9.84 Å². The second-order valence-electron chi connectivity index (χ2n) is 1.83. The Labute approximate surface area is 58.9 Å². The lowest BCUT2D eigenvalue weighted by Gasteiger charge is -2.16. The molecule has 0 saturated carbocycles. The number of aliphatic hydroxyl groups excluding tert-OH is 1. The lowest BCUT2D eigenvalue weighted by molar-refractivity contribution is 0.221. The first-order valence-electron chi connectivity index (χ1n) is 2.91. The van der Waals surface area contributed by atoms with Crippen LogP contribution in [0.2, 0.25) is 0 Å². The molecule has 0 saturated heterocycles. The van der Waals surface area contributed by atoms with Gasteiger partial charge in [0.2, 0.25) is 0 Å². The molecule has 0 amide bonds. The Morgan fingerprint density at radius 2 is 2.56 bits per heavy atom. The van der Waals surface area contributed by atoms with Crippen molar-refractivity contribution < 1.29 is 9.84 Å².